The van der Waals surface area contributed by atoms with Gasteiger partial charge < -0.3 is 10.7 Å². The number of nitrogen functional groups attached to an aromatic ring is 1. The second-order valence-electron chi connectivity index (χ2n) is 4.52. The maximum Gasteiger partial charge on any atom is 0.285 e. The average Bonchev–Trinajstić information content (AvgIpc) is 2.44. The van der Waals surface area contributed by atoms with Crippen LogP contribution in [0.4, 0.5) is 15.8 Å². The van der Waals surface area contributed by atoms with Crippen LogP contribution in [-0.2, 0) is 0 Å². The lowest BCUT2D eigenvalue weighted by Gasteiger charge is -2.12. The van der Waals surface area contributed by atoms with Crippen molar-refractivity contribution < 1.29 is 14.1 Å². The lowest BCUT2D eigenvalue weighted by atomic mass is 10.1. The van der Waals surface area contributed by atoms with E-state index in [-0.39, 0.29) is 17.2 Å². The van der Waals surface area contributed by atoms with Crippen molar-refractivity contribution >= 4 is 29.0 Å². The van der Waals surface area contributed by atoms with Gasteiger partial charge in [-0.2, -0.15) is 11.8 Å². The first kappa shape index (κ1) is 17.2. The molecule has 4 N–H and O–H groups in total. The van der Waals surface area contributed by atoms with Gasteiger partial charge in [-0.15, -0.1) is 0 Å². The number of anilines is 1. The molecule has 0 aliphatic heterocycles. The second kappa shape index (κ2) is 7.79. The summed E-state index contributed by atoms with van der Waals surface area (Å²) in [6.45, 7) is 2.32. The van der Waals surface area contributed by atoms with Gasteiger partial charge in [0.15, 0.2) is 5.82 Å². The average molecular weight is 316 g/mol. The number of nitrogens with one attached hydrogen (secondary N) is 2. The molecule has 0 bridgehead atoms. The molecule has 0 aromatic heterocycles. The van der Waals surface area contributed by atoms with Crippen molar-refractivity contribution in [2.75, 3.05) is 24.0 Å². The quantitative estimate of drug-likeness (QED) is 0.401. The van der Waals surface area contributed by atoms with Gasteiger partial charge in [0.1, 0.15) is 5.56 Å². The highest BCUT2D eigenvalue weighted by Gasteiger charge is 2.23. The molecule has 116 valence electrons. The molecule has 21 heavy (non-hydrogen) atoms. The number of hydrogen-bond donors (Lipinski definition) is 3. The van der Waals surface area contributed by atoms with Gasteiger partial charge in [0.05, 0.1) is 16.7 Å². The molecule has 1 aromatic carbocycles. The maximum atomic E-state index is 13.5. The minimum absolute atomic E-state index is 0.178. The van der Waals surface area contributed by atoms with E-state index in [1.54, 1.807) is 11.8 Å². The Labute approximate surface area is 125 Å². The summed E-state index contributed by atoms with van der Waals surface area (Å²) in [5, 5.41) is 13.5. The molecule has 1 amide bonds. The lowest BCUT2D eigenvalue weighted by molar-refractivity contribution is -0.385. The Kier molecular flexibility index (Phi) is 6.38. The molecule has 1 atom stereocenters. The van der Waals surface area contributed by atoms with Gasteiger partial charge in [0.2, 0.25) is 0 Å². The Morgan fingerprint density at radius 2 is 2.24 bits per heavy atom. The van der Waals surface area contributed by atoms with Gasteiger partial charge in [0.25, 0.3) is 11.6 Å². The molecule has 7 nitrogen and oxygen atoms in total. The molecule has 0 saturated carbocycles. The minimum Gasteiger partial charge on any atom is -0.352 e. The topological polar surface area (TPSA) is 110 Å². The summed E-state index contributed by atoms with van der Waals surface area (Å²) in [5.41, 5.74) is 1.06. The predicted octanol–water partition coefficient (Wildman–Crippen LogP) is 1.75. The number of amides is 1. The number of rotatable bonds is 7. The monoisotopic (exact) mass is 316 g/mol. The zero-order chi connectivity index (χ0) is 16.0. The number of thioether (sulfide) groups is 1. The number of nitrogens with two attached hydrogens (primary N) is 1. The van der Waals surface area contributed by atoms with E-state index in [1.165, 1.54) is 0 Å². The number of hydrogen-bond acceptors (Lipinski definition) is 6. The Balaban J connectivity index is 2.99. The van der Waals surface area contributed by atoms with Crippen LogP contribution in [0.2, 0.25) is 0 Å². The largest absolute Gasteiger partial charge is 0.352 e. The number of nitro benzene ring substituents is 1. The normalized spacial score (nSPS) is 11.8. The van der Waals surface area contributed by atoms with Crippen LogP contribution in [0.25, 0.3) is 0 Å². The van der Waals surface area contributed by atoms with E-state index in [0.29, 0.717) is 12.6 Å². The zero-order valence-corrected chi connectivity index (χ0v) is 12.5. The molecule has 0 fully saturated rings. The molecule has 0 aliphatic rings. The van der Waals surface area contributed by atoms with Crippen LogP contribution in [0.5, 0.6) is 0 Å². The Morgan fingerprint density at radius 3 is 2.76 bits per heavy atom. The highest BCUT2D eigenvalue weighted by atomic mass is 32.2. The number of carbonyl (C=O) groups is 1. The van der Waals surface area contributed by atoms with Gasteiger partial charge in [0, 0.05) is 6.54 Å². The van der Waals surface area contributed by atoms with Crippen molar-refractivity contribution in [3.05, 3.63) is 33.6 Å². The van der Waals surface area contributed by atoms with Crippen LogP contribution in [0.15, 0.2) is 12.1 Å². The minimum atomic E-state index is -0.892. The zero-order valence-electron chi connectivity index (χ0n) is 11.7. The molecular formula is C12H17FN4O3S. The summed E-state index contributed by atoms with van der Waals surface area (Å²) < 4.78 is 13.5. The fourth-order valence-corrected chi connectivity index (χ4v) is 2.40. The lowest BCUT2D eigenvalue weighted by Crippen LogP contribution is -2.29. The standard InChI is InChI=1S/C12H17FN4O3S/c1-7(6-21-2)5-15-12(18)8-3-10(16-14)9(13)4-11(8)17(19)20/h3-4,7,16H,5-6,14H2,1-2H3,(H,15,18). The van der Waals surface area contributed by atoms with Gasteiger partial charge in [-0.1, -0.05) is 6.92 Å². The third kappa shape index (κ3) is 4.57. The fourth-order valence-electron chi connectivity index (χ4n) is 1.71. The molecule has 0 radical (unpaired) electrons. The number of hydrazine groups is 1. The van der Waals surface area contributed by atoms with E-state index in [4.69, 9.17) is 5.84 Å². The number of carbonyl (C=O) groups excluding carboxylic acids is 1. The van der Waals surface area contributed by atoms with Gasteiger partial charge in [-0.05, 0) is 24.0 Å². The highest BCUT2D eigenvalue weighted by molar-refractivity contribution is 7.98. The first-order valence-electron chi connectivity index (χ1n) is 6.12. The summed E-state index contributed by atoms with van der Waals surface area (Å²) in [6.07, 6.45) is 1.95. The van der Waals surface area contributed by atoms with E-state index >= 15 is 0 Å². The number of benzene rings is 1. The molecule has 0 heterocycles. The van der Waals surface area contributed by atoms with Crippen molar-refractivity contribution in [3.63, 3.8) is 0 Å². The van der Waals surface area contributed by atoms with Crippen LogP contribution in [0.1, 0.15) is 17.3 Å². The van der Waals surface area contributed by atoms with E-state index in [2.05, 4.69) is 10.7 Å². The Morgan fingerprint density at radius 1 is 1.57 bits per heavy atom. The van der Waals surface area contributed by atoms with E-state index < -0.39 is 22.3 Å². The number of halogens is 1. The molecule has 1 aromatic rings. The Bertz CT molecular complexity index is 541. The maximum absolute atomic E-state index is 13.5. The molecule has 1 rings (SSSR count). The predicted molar refractivity (Wildman–Crippen MR) is 80.7 cm³/mol. The van der Waals surface area contributed by atoms with Crippen LogP contribution in [0, 0.1) is 21.8 Å². The van der Waals surface area contributed by atoms with Crippen LogP contribution < -0.4 is 16.6 Å². The van der Waals surface area contributed by atoms with E-state index in [1.807, 2.05) is 13.2 Å². The van der Waals surface area contributed by atoms with Crippen LogP contribution in [-0.4, -0.2) is 29.4 Å². The van der Waals surface area contributed by atoms with Crippen molar-refractivity contribution in [2.24, 2.45) is 11.8 Å². The summed E-state index contributed by atoms with van der Waals surface area (Å²) in [4.78, 5) is 22.2. The smallest absolute Gasteiger partial charge is 0.285 e. The molecule has 0 spiro atoms. The molecule has 0 saturated heterocycles. The third-order valence-electron chi connectivity index (χ3n) is 2.74. The van der Waals surface area contributed by atoms with Crippen molar-refractivity contribution in [2.45, 2.75) is 6.92 Å². The van der Waals surface area contributed by atoms with E-state index in [9.17, 15) is 19.3 Å². The van der Waals surface area contributed by atoms with Crippen molar-refractivity contribution in [1.29, 1.82) is 0 Å². The first-order chi connectivity index (χ1) is 9.90. The van der Waals surface area contributed by atoms with Crippen LogP contribution >= 0.6 is 11.8 Å². The first-order valence-corrected chi connectivity index (χ1v) is 7.51. The number of nitro groups is 1. The molecule has 1 unspecified atom stereocenters. The molecule has 9 heteroatoms. The summed E-state index contributed by atoms with van der Waals surface area (Å²) in [5.74, 6) is 4.65. The third-order valence-corrected chi connectivity index (χ3v) is 3.65. The van der Waals surface area contributed by atoms with Crippen molar-refractivity contribution in [3.8, 4) is 0 Å². The van der Waals surface area contributed by atoms with E-state index in [0.717, 1.165) is 11.8 Å². The highest BCUT2D eigenvalue weighted by Crippen LogP contribution is 2.25. The molecule has 0 aliphatic carbocycles. The summed E-state index contributed by atoms with van der Waals surface area (Å²) in [6, 6.07) is 1.71. The van der Waals surface area contributed by atoms with Gasteiger partial charge in [-0.25, -0.2) is 4.39 Å². The molecular weight excluding hydrogens is 299 g/mol. The Hall–Kier alpha value is -1.87. The fraction of sp³-hybridized carbons (Fsp3) is 0.417. The van der Waals surface area contributed by atoms with Crippen LogP contribution in [0.3, 0.4) is 0 Å². The SMILES string of the molecule is CSCC(C)CNC(=O)c1cc(NN)c(F)cc1[N+](=O)[O-]. The summed E-state index contributed by atoms with van der Waals surface area (Å²) >= 11 is 1.64. The van der Waals surface area contributed by atoms with Gasteiger partial charge in [-0.3, -0.25) is 20.8 Å². The second-order valence-corrected chi connectivity index (χ2v) is 5.43. The van der Waals surface area contributed by atoms with Gasteiger partial charge >= 0.3 is 0 Å². The number of nitrogens with zero attached hydrogens (tertiary/aromatic N) is 1. The van der Waals surface area contributed by atoms with Crippen molar-refractivity contribution in [1.82, 2.24) is 5.32 Å². The summed E-state index contributed by atoms with van der Waals surface area (Å²) in [7, 11) is 0.